The molecule has 0 bridgehead atoms. The molecule has 6 rings (SSSR count). The number of carbonyl (C=O) groups excluding carboxylic acids is 5. The number of esters is 1. The molecule has 2 aliphatic rings. The zero-order valence-electron chi connectivity index (χ0n) is 43.9. The molecule has 1 unspecified atom stereocenters. The number of methoxy groups -OCH3 is 1. The second-order valence-electron chi connectivity index (χ2n) is 20.6. The third-order valence-electron chi connectivity index (χ3n) is 13.7. The Morgan fingerprint density at radius 2 is 1.75 bits per heavy atom. The fraction of sp³-hybridized carbons (Fsp3) is 0.574. The van der Waals surface area contributed by atoms with Crippen molar-refractivity contribution in [1.82, 2.24) is 45.0 Å². The minimum Gasteiger partial charge on any atom is -0.465 e. The van der Waals surface area contributed by atoms with E-state index >= 15 is 0 Å². The number of hydrazine groups is 1. The molecule has 4 aromatic rings. The minimum absolute atomic E-state index is 0.131. The number of thiazole rings is 1. The Balaban J connectivity index is 1.32. The molecule has 1 aromatic carbocycles. The van der Waals surface area contributed by atoms with E-state index in [2.05, 4.69) is 72.2 Å². The van der Waals surface area contributed by atoms with Gasteiger partial charge in [-0.15, -0.1) is 11.3 Å². The molecule has 3 atom stereocenters. The minimum atomic E-state index is -0.982. The van der Waals surface area contributed by atoms with E-state index in [0.29, 0.717) is 57.0 Å². The molecule has 2 fully saturated rings. The van der Waals surface area contributed by atoms with Gasteiger partial charge >= 0.3 is 5.97 Å². The highest BCUT2D eigenvalue weighted by Gasteiger charge is 2.38. The van der Waals surface area contributed by atoms with Crippen LogP contribution in [0.5, 0.6) is 0 Å². The third-order valence-corrected chi connectivity index (χ3v) is 14.6. The molecule has 0 radical (unpaired) electrons. The maximum Gasteiger partial charge on any atom is 0.302 e. The van der Waals surface area contributed by atoms with E-state index in [1.54, 1.807) is 23.2 Å². The van der Waals surface area contributed by atoms with Crippen molar-refractivity contribution in [2.75, 3.05) is 60.5 Å². The Bertz CT molecular complexity index is 2620. The molecule has 0 aliphatic carbocycles. The highest BCUT2D eigenvalue weighted by atomic mass is 32.1. The number of aryl methyl sites for hydroxylation is 1. The van der Waals surface area contributed by atoms with Crippen LogP contribution in [0.25, 0.3) is 33.4 Å². The van der Waals surface area contributed by atoms with Crippen molar-refractivity contribution in [1.29, 1.82) is 0 Å². The van der Waals surface area contributed by atoms with Gasteiger partial charge in [-0.05, 0) is 116 Å². The monoisotopic (exact) mass is 994 g/mol. The predicted molar refractivity (Wildman–Crippen MR) is 278 cm³/mol. The highest BCUT2D eigenvalue weighted by molar-refractivity contribution is 7.10. The Morgan fingerprint density at radius 1 is 1.01 bits per heavy atom. The largest absolute Gasteiger partial charge is 0.465 e. The first-order valence-corrected chi connectivity index (χ1v) is 25.9. The van der Waals surface area contributed by atoms with Gasteiger partial charge in [0, 0.05) is 92.2 Å². The summed E-state index contributed by atoms with van der Waals surface area (Å²) in [4.78, 5) is 83.4. The van der Waals surface area contributed by atoms with Gasteiger partial charge in [0.1, 0.15) is 18.6 Å². The molecular formula is C54H75N9O7S. The number of pyridine rings is 1. The van der Waals surface area contributed by atoms with E-state index in [0.717, 1.165) is 57.5 Å². The first-order valence-electron chi connectivity index (χ1n) is 25.0. The number of nitrogens with one attached hydrogen (secondary N) is 2. The molecular weight excluding hydrogens is 919 g/mol. The molecule has 384 valence electrons. The lowest BCUT2D eigenvalue weighted by atomic mass is 9.84. The summed E-state index contributed by atoms with van der Waals surface area (Å²) < 4.78 is 13.7. The van der Waals surface area contributed by atoms with E-state index in [1.165, 1.54) is 23.2 Å². The van der Waals surface area contributed by atoms with Crippen LogP contribution in [0.1, 0.15) is 110 Å². The lowest BCUT2D eigenvalue weighted by Gasteiger charge is -2.37. The van der Waals surface area contributed by atoms with Gasteiger partial charge in [0.15, 0.2) is 0 Å². The van der Waals surface area contributed by atoms with Crippen molar-refractivity contribution in [3.8, 4) is 34.4 Å². The van der Waals surface area contributed by atoms with Crippen molar-refractivity contribution < 1.29 is 33.4 Å². The van der Waals surface area contributed by atoms with Crippen LogP contribution >= 0.6 is 11.3 Å². The maximum absolute atomic E-state index is 14.6. The van der Waals surface area contributed by atoms with E-state index in [1.807, 2.05) is 65.1 Å². The number of aromatic nitrogens is 3. The zero-order valence-corrected chi connectivity index (χ0v) is 44.8. The molecule has 5 heterocycles. The Labute approximate surface area is 424 Å². The number of rotatable bonds is 17. The van der Waals surface area contributed by atoms with Crippen LogP contribution in [0.3, 0.4) is 0 Å². The van der Waals surface area contributed by atoms with Crippen molar-refractivity contribution >= 4 is 51.8 Å². The van der Waals surface area contributed by atoms with Crippen LogP contribution in [-0.4, -0.2) is 142 Å². The summed E-state index contributed by atoms with van der Waals surface area (Å²) in [6.07, 6.45) is 5.22. The Hall–Kier alpha value is -5.67. The quantitative estimate of drug-likeness (QED) is 0.0857. The molecule has 0 spiro atoms. The number of benzene rings is 1. The van der Waals surface area contributed by atoms with Gasteiger partial charge < -0.3 is 29.2 Å². The molecule has 3 aromatic heterocycles. The van der Waals surface area contributed by atoms with Crippen molar-refractivity contribution in [3.05, 3.63) is 58.2 Å². The highest BCUT2D eigenvalue weighted by Crippen LogP contribution is 2.42. The maximum atomic E-state index is 14.6. The fourth-order valence-electron chi connectivity index (χ4n) is 9.22. The topological polar surface area (TPSA) is 172 Å². The van der Waals surface area contributed by atoms with Crippen LogP contribution < -0.4 is 10.7 Å². The van der Waals surface area contributed by atoms with Gasteiger partial charge in [-0.2, -0.15) is 0 Å². The first kappa shape index (κ1) is 54.7. The van der Waals surface area contributed by atoms with E-state index in [-0.39, 0.29) is 49.4 Å². The van der Waals surface area contributed by atoms with Crippen LogP contribution in [-0.2, 0) is 52.8 Å². The van der Waals surface area contributed by atoms with Crippen molar-refractivity contribution in [3.63, 3.8) is 0 Å². The van der Waals surface area contributed by atoms with Gasteiger partial charge in [0.25, 0.3) is 11.8 Å². The van der Waals surface area contributed by atoms with Gasteiger partial charge in [-0.1, -0.05) is 39.7 Å². The first-order chi connectivity index (χ1) is 33.7. The molecule has 2 aliphatic heterocycles. The summed E-state index contributed by atoms with van der Waals surface area (Å²) in [7, 11) is 5.47. The fourth-order valence-corrected chi connectivity index (χ4v) is 10.1. The lowest BCUT2D eigenvalue weighted by molar-refractivity contribution is -0.147. The number of nitrogens with zero attached hydrogens (tertiary/aromatic N) is 7. The zero-order chi connectivity index (χ0) is 51.8. The average Bonchev–Trinajstić information content (AvgIpc) is 3.93. The number of hydrogen-bond donors (Lipinski definition) is 2. The molecule has 2 N–H and O–H groups in total. The second kappa shape index (κ2) is 23.7. The molecule has 2 saturated heterocycles. The van der Waals surface area contributed by atoms with Gasteiger partial charge in [-0.25, -0.2) is 10.4 Å². The number of amides is 4. The Kier molecular flexibility index (Phi) is 18.2. The molecule has 16 nitrogen and oxygen atoms in total. The SMILES string of the molecule is CCn1c(-c2cccnc2[C@H](C)OC)c(CC(C)(C)COC(C)=O)c2cc(-c3csc(C[C@H](NC(=O)C(C(C)C)N4CCCCN(C(=O)C#CC(C)(C)N(C)C)CC4=O)C(=O)N4CCCCN4)n3)ccc21. The van der Waals surface area contributed by atoms with Gasteiger partial charge in [0.05, 0.1) is 40.3 Å². The molecule has 17 heteroatoms. The summed E-state index contributed by atoms with van der Waals surface area (Å²) in [5.74, 6) is 3.68. The van der Waals surface area contributed by atoms with Crippen LogP contribution in [0, 0.1) is 23.2 Å². The smallest absolute Gasteiger partial charge is 0.302 e. The number of hydrogen-bond acceptors (Lipinski definition) is 12. The number of carbonyl (C=O) groups is 5. The lowest BCUT2D eigenvalue weighted by Crippen LogP contribution is -2.61. The van der Waals surface area contributed by atoms with E-state index in [4.69, 9.17) is 19.4 Å². The number of fused-ring (bicyclic) bond motifs is 1. The molecule has 0 saturated carbocycles. The van der Waals surface area contributed by atoms with Crippen molar-refractivity contribution in [2.24, 2.45) is 11.3 Å². The normalized spacial score (nSPS) is 16.3. The van der Waals surface area contributed by atoms with Crippen molar-refractivity contribution in [2.45, 2.75) is 131 Å². The van der Waals surface area contributed by atoms with Crippen LogP contribution in [0.2, 0.25) is 0 Å². The average molecular weight is 994 g/mol. The predicted octanol–water partition coefficient (Wildman–Crippen LogP) is 6.66. The Morgan fingerprint density at radius 3 is 2.41 bits per heavy atom. The van der Waals surface area contributed by atoms with E-state index < -0.39 is 34.9 Å². The number of ether oxygens (including phenoxy) is 2. The summed E-state index contributed by atoms with van der Waals surface area (Å²) in [5.41, 5.74) is 8.82. The van der Waals surface area contributed by atoms with E-state index in [9.17, 15) is 24.0 Å². The summed E-state index contributed by atoms with van der Waals surface area (Å²) >= 11 is 1.42. The van der Waals surface area contributed by atoms with Crippen LogP contribution in [0.15, 0.2) is 41.9 Å². The van der Waals surface area contributed by atoms with Crippen LogP contribution in [0.4, 0.5) is 0 Å². The third kappa shape index (κ3) is 13.3. The summed E-state index contributed by atoms with van der Waals surface area (Å²) in [5, 5.41) is 8.36. The summed E-state index contributed by atoms with van der Waals surface area (Å²) in [6.45, 7) is 20.0. The second-order valence-corrected chi connectivity index (χ2v) is 21.6. The standard InChI is InChI=1S/C54H75N9O7S/c1-13-61-44-21-20-38(29-40(44)41(31-53(6,7)34-70-37(5)64)50(61)39-19-18-24-55-48(39)36(4)69-12)43-33-71-45(57-43)30-42(52(68)63-28-15-14-25-56-63)58-51(67)49(35(2)3)62-27-17-16-26-60(32-47(62)66)46(65)22-23-54(8,9)59(10)11/h18-21,24,29,33,35-36,42,49,56H,13-17,25-28,30-32,34H2,1-12H3,(H,58,67)/t36-,42-,49?/m0/s1. The summed E-state index contributed by atoms with van der Waals surface area (Å²) in [6, 6.07) is 8.50. The van der Waals surface area contributed by atoms with Gasteiger partial charge in [-0.3, -0.25) is 38.9 Å². The molecule has 4 amide bonds. The van der Waals surface area contributed by atoms with Gasteiger partial charge in [0.2, 0.25) is 11.8 Å². The molecule has 71 heavy (non-hydrogen) atoms.